The number of nitrogens with one attached hydrogen (secondary N) is 2. The maximum Gasteiger partial charge on any atom is 0.250 e. The molecule has 4 aromatic rings. The first-order valence-corrected chi connectivity index (χ1v) is 13.2. The average molecular weight is 558 g/mol. The van der Waals surface area contributed by atoms with Crippen LogP contribution in [0.25, 0.3) is 5.69 Å². The van der Waals surface area contributed by atoms with Crippen LogP contribution in [0.4, 0.5) is 11.4 Å². The van der Waals surface area contributed by atoms with E-state index in [0.29, 0.717) is 16.5 Å². The van der Waals surface area contributed by atoms with Crippen molar-refractivity contribution in [3.8, 4) is 17.2 Å². The van der Waals surface area contributed by atoms with Gasteiger partial charge in [-0.15, -0.1) is 0 Å². The molecule has 5 rings (SSSR count). The molecule has 0 radical (unpaired) electrons. The summed E-state index contributed by atoms with van der Waals surface area (Å²) in [7, 11) is 3.03. The van der Waals surface area contributed by atoms with Gasteiger partial charge in [-0.25, -0.2) is 0 Å². The van der Waals surface area contributed by atoms with Crippen LogP contribution in [0, 0.1) is 13.8 Å². The van der Waals surface area contributed by atoms with Gasteiger partial charge in [-0.2, -0.15) is 0 Å². The fourth-order valence-electron chi connectivity index (χ4n) is 5.30. The number of hydrogen-bond acceptors (Lipinski definition) is 6. The number of phenols is 1. The van der Waals surface area contributed by atoms with E-state index in [1.54, 1.807) is 25.4 Å². The Morgan fingerprint density at radius 2 is 1.82 bits per heavy atom. The molecule has 2 aromatic carbocycles. The number of rotatable bonds is 8. The van der Waals surface area contributed by atoms with E-state index >= 15 is 0 Å². The minimum absolute atomic E-state index is 0.0787. The summed E-state index contributed by atoms with van der Waals surface area (Å²) in [4.78, 5) is 19.1. The van der Waals surface area contributed by atoms with Crippen molar-refractivity contribution in [3.05, 3.63) is 95.6 Å². The fraction of sp³-hybridized carbons (Fsp3) is 0.233. The number of carbonyl (C=O) groups excluding carboxylic acids is 1. The van der Waals surface area contributed by atoms with Crippen LogP contribution in [0.15, 0.2) is 72.9 Å². The van der Waals surface area contributed by atoms with Gasteiger partial charge in [0.2, 0.25) is 5.91 Å². The van der Waals surface area contributed by atoms with Gasteiger partial charge in [0.05, 0.1) is 30.6 Å². The van der Waals surface area contributed by atoms with E-state index in [0.717, 1.165) is 34.0 Å². The number of thiocarbonyl (C=S) groups is 1. The maximum atomic E-state index is 12.4. The number of benzene rings is 2. The van der Waals surface area contributed by atoms with Crippen LogP contribution in [0.3, 0.4) is 0 Å². The monoisotopic (exact) mass is 557 g/mol. The van der Waals surface area contributed by atoms with Crippen LogP contribution in [0.5, 0.6) is 11.5 Å². The van der Waals surface area contributed by atoms with Crippen molar-refractivity contribution in [2.45, 2.75) is 25.9 Å². The molecule has 1 aliphatic heterocycles. The summed E-state index contributed by atoms with van der Waals surface area (Å²) in [5.74, 6) is 0.445. The summed E-state index contributed by atoms with van der Waals surface area (Å²) in [5.41, 5.74) is 6.23. The van der Waals surface area contributed by atoms with Crippen LogP contribution < -0.4 is 20.3 Å². The largest absolute Gasteiger partial charge is 0.508 e. The SMILES string of the molecule is COCC(=O)Nc1cc(N2C(=S)N[C@H](c3ccccn3)[C@@H]2c2cc(C)n(-c3ccc(O)cc3)c2C)ccc1OC. The molecule has 0 saturated carbocycles. The number of methoxy groups -OCH3 is 2. The van der Waals surface area contributed by atoms with Gasteiger partial charge in [-0.05, 0) is 92.3 Å². The molecule has 3 N–H and O–H groups in total. The summed E-state index contributed by atoms with van der Waals surface area (Å²) >= 11 is 5.92. The molecule has 1 aliphatic rings. The van der Waals surface area contributed by atoms with Gasteiger partial charge in [-0.3, -0.25) is 9.78 Å². The van der Waals surface area contributed by atoms with Gasteiger partial charge in [-0.1, -0.05) is 6.07 Å². The number of aromatic nitrogens is 2. The molecule has 0 spiro atoms. The minimum Gasteiger partial charge on any atom is -0.508 e. The molecule has 2 aromatic heterocycles. The Kier molecular flexibility index (Phi) is 7.72. The highest BCUT2D eigenvalue weighted by Gasteiger charge is 2.42. The lowest BCUT2D eigenvalue weighted by atomic mass is 9.96. The highest BCUT2D eigenvalue weighted by molar-refractivity contribution is 7.80. The van der Waals surface area contributed by atoms with Crippen molar-refractivity contribution in [2.75, 3.05) is 31.0 Å². The number of phenolic OH excluding ortho intramolecular Hbond substituents is 1. The maximum absolute atomic E-state index is 12.4. The van der Waals surface area contributed by atoms with Crippen molar-refractivity contribution in [3.63, 3.8) is 0 Å². The Morgan fingerprint density at radius 1 is 1.07 bits per heavy atom. The van der Waals surface area contributed by atoms with Gasteiger partial charge in [0.1, 0.15) is 18.1 Å². The molecule has 0 bridgehead atoms. The summed E-state index contributed by atoms with van der Waals surface area (Å²) in [5, 5.41) is 16.7. The number of hydrogen-bond donors (Lipinski definition) is 3. The van der Waals surface area contributed by atoms with Crippen molar-refractivity contribution < 1.29 is 19.4 Å². The summed E-state index contributed by atoms with van der Waals surface area (Å²) < 4.78 is 12.7. The van der Waals surface area contributed by atoms with Crippen molar-refractivity contribution in [1.82, 2.24) is 14.9 Å². The van der Waals surface area contributed by atoms with Gasteiger partial charge in [0.15, 0.2) is 5.11 Å². The zero-order chi connectivity index (χ0) is 28.4. The number of pyridine rings is 1. The Balaban J connectivity index is 1.64. The molecule has 0 unspecified atom stereocenters. The van der Waals surface area contributed by atoms with Crippen LogP contribution in [-0.2, 0) is 9.53 Å². The molecular formula is C30H31N5O4S. The Bertz CT molecular complexity index is 1540. The highest BCUT2D eigenvalue weighted by atomic mass is 32.1. The van der Waals surface area contributed by atoms with E-state index in [-0.39, 0.29) is 30.3 Å². The number of aromatic hydroxyl groups is 1. The van der Waals surface area contributed by atoms with Gasteiger partial charge < -0.3 is 34.7 Å². The zero-order valence-corrected chi connectivity index (χ0v) is 23.5. The minimum atomic E-state index is -0.291. The summed E-state index contributed by atoms with van der Waals surface area (Å²) in [6.45, 7) is 4.06. The smallest absolute Gasteiger partial charge is 0.250 e. The third-order valence-electron chi connectivity index (χ3n) is 7.01. The molecule has 40 heavy (non-hydrogen) atoms. The van der Waals surface area contributed by atoms with E-state index in [1.165, 1.54) is 7.11 Å². The first-order valence-electron chi connectivity index (χ1n) is 12.8. The molecular weight excluding hydrogens is 526 g/mol. The van der Waals surface area contributed by atoms with Crippen LogP contribution in [0.1, 0.15) is 34.7 Å². The van der Waals surface area contributed by atoms with Gasteiger partial charge in [0, 0.05) is 36.1 Å². The lowest BCUT2D eigenvalue weighted by Crippen LogP contribution is -2.29. The number of aryl methyl sites for hydroxylation is 1. The standard InChI is InChI=1S/C30H31N5O4S/c1-18-15-23(19(2)34(18)20-8-11-22(36)12-9-20)29-28(24-7-5-6-14-31-24)33-30(40)35(29)21-10-13-26(39-4)25(16-21)32-27(37)17-38-3/h5-16,28-29,36H,17H2,1-4H3,(H,32,37)(H,33,40)/t28-,29+/m1/s1. The third-order valence-corrected chi connectivity index (χ3v) is 7.32. The molecule has 206 valence electrons. The van der Waals surface area contributed by atoms with Crippen molar-refractivity contribution >= 4 is 34.6 Å². The van der Waals surface area contributed by atoms with Crippen molar-refractivity contribution in [1.29, 1.82) is 0 Å². The predicted molar refractivity (Wildman–Crippen MR) is 158 cm³/mol. The lowest BCUT2D eigenvalue weighted by Gasteiger charge is -2.29. The molecule has 1 amide bonds. The van der Waals surface area contributed by atoms with E-state index < -0.39 is 0 Å². The molecule has 9 nitrogen and oxygen atoms in total. The summed E-state index contributed by atoms with van der Waals surface area (Å²) in [6, 6.07) is 20.2. The Morgan fingerprint density at radius 3 is 2.50 bits per heavy atom. The fourth-order valence-corrected chi connectivity index (χ4v) is 5.64. The lowest BCUT2D eigenvalue weighted by molar-refractivity contribution is -0.119. The second-order valence-electron chi connectivity index (χ2n) is 9.54. The normalized spacial score (nSPS) is 16.6. The molecule has 3 heterocycles. The average Bonchev–Trinajstić information content (AvgIpc) is 3.44. The van der Waals surface area contributed by atoms with E-state index in [9.17, 15) is 9.90 Å². The molecule has 10 heteroatoms. The second-order valence-corrected chi connectivity index (χ2v) is 9.93. The number of nitrogens with zero attached hydrogens (tertiary/aromatic N) is 3. The number of carbonyl (C=O) groups is 1. The van der Waals surface area contributed by atoms with Gasteiger partial charge >= 0.3 is 0 Å². The first-order chi connectivity index (χ1) is 19.3. The third kappa shape index (κ3) is 5.11. The molecule has 2 atom stereocenters. The zero-order valence-electron chi connectivity index (χ0n) is 22.7. The van der Waals surface area contributed by atoms with Crippen LogP contribution in [-0.4, -0.2) is 46.5 Å². The van der Waals surface area contributed by atoms with Gasteiger partial charge in [0.25, 0.3) is 0 Å². The molecule has 0 aliphatic carbocycles. The molecule has 1 fully saturated rings. The predicted octanol–water partition coefficient (Wildman–Crippen LogP) is 4.97. The quantitative estimate of drug-likeness (QED) is 0.261. The van der Waals surface area contributed by atoms with E-state index in [2.05, 4.69) is 45.0 Å². The topological polar surface area (TPSA) is 101 Å². The first kappa shape index (κ1) is 27.2. The Hall–Kier alpha value is -4.41. The summed E-state index contributed by atoms with van der Waals surface area (Å²) in [6.07, 6.45) is 1.77. The van der Waals surface area contributed by atoms with Crippen molar-refractivity contribution in [2.24, 2.45) is 0 Å². The second kappa shape index (κ2) is 11.4. The number of amides is 1. The van der Waals surface area contributed by atoms with E-state index in [1.807, 2.05) is 48.5 Å². The van der Waals surface area contributed by atoms with Crippen LogP contribution >= 0.6 is 12.2 Å². The van der Waals surface area contributed by atoms with Crippen LogP contribution in [0.2, 0.25) is 0 Å². The number of ether oxygens (including phenoxy) is 2. The highest BCUT2D eigenvalue weighted by Crippen LogP contribution is 2.45. The van der Waals surface area contributed by atoms with E-state index in [4.69, 9.17) is 21.7 Å². The molecule has 1 saturated heterocycles. The number of anilines is 2. The Labute approximate surface area is 238 Å².